The molecule has 0 aromatic rings. The van der Waals surface area contributed by atoms with Gasteiger partial charge in [-0.1, -0.05) is 6.42 Å². The summed E-state index contributed by atoms with van der Waals surface area (Å²) in [5.41, 5.74) is 10.5. The summed E-state index contributed by atoms with van der Waals surface area (Å²) >= 11 is 0. The minimum atomic E-state index is 0. The summed E-state index contributed by atoms with van der Waals surface area (Å²) in [7, 11) is 0. The van der Waals surface area contributed by atoms with E-state index >= 15 is 0 Å². The zero-order chi connectivity index (χ0) is 5.54. The van der Waals surface area contributed by atoms with Gasteiger partial charge in [0.15, 0.2) is 0 Å². The molecule has 0 aliphatic carbocycles. The normalized spacial score (nSPS) is 7.33. The summed E-state index contributed by atoms with van der Waals surface area (Å²) in [5.74, 6) is 0. The topological polar surface area (TPSA) is 52.0 Å². The molecule has 0 aliphatic rings. The van der Waals surface area contributed by atoms with Crippen molar-refractivity contribution in [3.05, 3.63) is 0 Å². The van der Waals surface area contributed by atoms with Gasteiger partial charge in [0.1, 0.15) is 0 Å². The molecule has 0 rings (SSSR count). The predicted octanol–water partition coefficient (Wildman–Crippen LogP) is -1.22. The Morgan fingerprint density at radius 2 is 1.00 bits per heavy atom. The van der Waals surface area contributed by atoms with E-state index < -0.39 is 0 Å². The average molecular weight is 150 g/mol. The maximum absolute atomic E-state index is 5.23. The van der Waals surface area contributed by atoms with Gasteiger partial charge in [0.05, 0.1) is 0 Å². The van der Waals surface area contributed by atoms with Crippen LogP contribution in [0.2, 0.25) is 0 Å². The summed E-state index contributed by atoms with van der Waals surface area (Å²) < 4.78 is 0. The third-order valence-electron chi connectivity index (χ3n) is 0.908. The molecule has 0 saturated heterocycles. The summed E-state index contributed by atoms with van der Waals surface area (Å²) in [5, 5.41) is 0. The molecule has 0 heterocycles. The van der Waals surface area contributed by atoms with Crippen LogP contribution in [0.15, 0.2) is 0 Å². The van der Waals surface area contributed by atoms with Crippen molar-refractivity contribution >= 4 is 59.1 Å². The van der Waals surface area contributed by atoms with Gasteiger partial charge in [-0.3, -0.25) is 0 Å². The Morgan fingerprint density at radius 3 is 1.22 bits per heavy atom. The molecule has 0 fully saturated rings. The summed E-state index contributed by atoms with van der Waals surface area (Å²) in [4.78, 5) is 0. The fourth-order valence-electron chi connectivity index (χ4n) is 0.465. The van der Waals surface area contributed by atoms with Crippen molar-refractivity contribution in [3.8, 4) is 0 Å². The van der Waals surface area contributed by atoms with Crippen LogP contribution in [0, 0.1) is 0 Å². The van der Waals surface area contributed by atoms with Gasteiger partial charge in [0, 0.05) is 0 Å². The number of rotatable bonds is 4. The van der Waals surface area contributed by atoms with E-state index in [2.05, 4.69) is 0 Å². The van der Waals surface area contributed by atoms with Crippen molar-refractivity contribution in [1.82, 2.24) is 0 Å². The molecule has 4 heteroatoms. The molecule has 0 saturated carbocycles. The summed E-state index contributed by atoms with van der Waals surface area (Å²) in [6.07, 6.45) is 3.43. The Balaban J connectivity index is -0.000000180. The molecule has 4 N–H and O–H groups in total. The van der Waals surface area contributed by atoms with Gasteiger partial charge in [0.2, 0.25) is 0 Å². The summed E-state index contributed by atoms with van der Waals surface area (Å²) in [6.45, 7) is 1.61. The molecule has 9 heavy (non-hydrogen) atoms. The molecule has 0 unspecified atom stereocenters. The van der Waals surface area contributed by atoms with Crippen LogP contribution in [0.25, 0.3) is 0 Å². The molecule has 0 bridgehead atoms. The number of hydrogen-bond acceptors (Lipinski definition) is 2. The molecule has 0 aliphatic heterocycles. The van der Waals surface area contributed by atoms with E-state index in [1.807, 2.05) is 0 Å². The van der Waals surface area contributed by atoms with Gasteiger partial charge < -0.3 is 11.5 Å². The summed E-state index contributed by atoms with van der Waals surface area (Å²) in [6, 6.07) is 0. The van der Waals surface area contributed by atoms with Crippen molar-refractivity contribution in [2.24, 2.45) is 11.5 Å². The first-order valence-electron chi connectivity index (χ1n) is 2.82. The molecule has 0 amide bonds. The number of unbranched alkanes of at least 4 members (excludes halogenated alkanes) is 2. The monoisotopic (exact) mass is 150 g/mol. The molecule has 0 spiro atoms. The second-order valence-corrected chi connectivity index (χ2v) is 1.64. The van der Waals surface area contributed by atoms with Crippen molar-refractivity contribution in [1.29, 1.82) is 0 Å². The third-order valence-corrected chi connectivity index (χ3v) is 0.908. The van der Waals surface area contributed by atoms with Gasteiger partial charge in [-0.2, -0.15) is 0 Å². The fourth-order valence-corrected chi connectivity index (χ4v) is 0.465. The molecule has 48 valence electrons. The molecule has 0 aromatic heterocycles. The number of nitrogens with two attached hydrogens (primary N) is 2. The van der Waals surface area contributed by atoms with Gasteiger partial charge in [-0.25, -0.2) is 0 Å². The first-order chi connectivity index (χ1) is 3.41. The van der Waals surface area contributed by atoms with Crippen molar-refractivity contribution < 1.29 is 0 Å². The van der Waals surface area contributed by atoms with Crippen LogP contribution in [0.3, 0.4) is 0 Å². The number of hydrogen-bond donors (Lipinski definition) is 2. The van der Waals surface area contributed by atoms with Gasteiger partial charge in [0.25, 0.3) is 0 Å². The van der Waals surface area contributed by atoms with Crippen molar-refractivity contribution in [2.75, 3.05) is 13.1 Å². The second kappa shape index (κ2) is 16.5. The van der Waals surface area contributed by atoms with E-state index in [1.54, 1.807) is 0 Å². The van der Waals surface area contributed by atoms with E-state index in [0.29, 0.717) is 0 Å². The average Bonchev–Trinajstić information content (AvgIpc) is 1.69. The van der Waals surface area contributed by atoms with Gasteiger partial charge >= 0.3 is 59.1 Å². The molecule has 0 atom stereocenters. The zero-order valence-electron chi connectivity index (χ0n) is 4.69. The Kier molecular flexibility index (Phi) is 31.4. The standard InChI is InChI=1S/C5H14N2.2Na.2H/c6-4-2-1-3-5-7;;;;/h1-7H2;;;;. The molecule has 2 nitrogen and oxygen atoms in total. The van der Waals surface area contributed by atoms with Crippen LogP contribution in [0.4, 0.5) is 0 Å². The Labute approximate surface area is 102 Å². The van der Waals surface area contributed by atoms with Crippen LogP contribution >= 0.6 is 0 Å². The second-order valence-electron chi connectivity index (χ2n) is 1.64. The van der Waals surface area contributed by atoms with Crippen LogP contribution in [0.1, 0.15) is 19.3 Å². The quantitative estimate of drug-likeness (QED) is 0.390. The Hall–Kier alpha value is 1.92. The first-order valence-corrected chi connectivity index (χ1v) is 2.82. The SMILES string of the molecule is NCCCCCN.[NaH].[NaH]. The molecule has 0 radical (unpaired) electrons. The van der Waals surface area contributed by atoms with Crippen LogP contribution < -0.4 is 11.5 Å². The van der Waals surface area contributed by atoms with Crippen molar-refractivity contribution in [3.63, 3.8) is 0 Å². The van der Waals surface area contributed by atoms with Crippen LogP contribution in [-0.4, -0.2) is 72.2 Å². The minimum absolute atomic E-state index is 0. The van der Waals surface area contributed by atoms with Crippen LogP contribution in [-0.2, 0) is 0 Å². The van der Waals surface area contributed by atoms with Crippen LogP contribution in [0.5, 0.6) is 0 Å². The van der Waals surface area contributed by atoms with E-state index in [-0.39, 0.29) is 59.1 Å². The van der Waals surface area contributed by atoms with E-state index in [9.17, 15) is 0 Å². The fraction of sp³-hybridized carbons (Fsp3) is 1.00. The van der Waals surface area contributed by atoms with E-state index in [4.69, 9.17) is 11.5 Å². The first kappa shape index (κ1) is 17.1. The van der Waals surface area contributed by atoms with E-state index in [1.165, 1.54) is 6.42 Å². The maximum atomic E-state index is 5.23. The van der Waals surface area contributed by atoms with Gasteiger partial charge in [-0.05, 0) is 25.9 Å². The predicted molar refractivity (Wildman–Crippen MR) is 46.3 cm³/mol. The molecule has 0 aromatic carbocycles. The molecular formula is C5H16N2Na2. The Bertz CT molecular complexity index is 32.1. The van der Waals surface area contributed by atoms with Gasteiger partial charge in [-0.15, -0.1) is 0 Å². The van der Waals surface area contributed by atoms with E-state index in [0.717, 1.165) is 25.9 Å². The third kappa shape index (κ3) is 17.8. The van der Waals surface area contributed by atoms with Crippen molar-refractivity contribution in [2.45, 2.75) is 19.3 Å². The zero-order valence-corrected chi connectivity index (χ0v) is 4.69. The Morgan fingerprint density at radius 1 is 0.667 bits per heavy atom. The molecular weight excluding hydrogens is 134 g/mol.